The molecule has 0 aromatic heterocycles. The van der Waals surface area contributed by atoms with E-state index in [0.717, 1.165) is 11.1 Å². The Balaban J connectivity index is 1.97. The van der Waals surface area contributed by atoms with Crippen molar-refractivity contribution in [2.75, 3.05) is 20.8 Å². The summed E-state index contributed by atoms with van der Waals surface area (Å²) in [6, 6.07) is 12.5. The first kappa shape index (κ1) is 21.9. The first-order valence-corrected chi connectivity index (χ1v) is 9.14. The van der Waals surface area contributed by atoms with E-state index in [1.54, 1.807) is 43.7 Å². The smallest absolute Gasteiger partial charge is 0.337 e. The van der Waals surface area contributed by atoms with E-state index in [1.165, 1.54) is 7.11 Å². The Morgan fingerprint density at radius 3 is 2.59 bits per heavy atom. The summed E-state index contributed by atoms with van der Waals surface area (Å²) < 4.78 is 15.9. The van der Waals surface area contributed by atoms with E-state index in [2.05, 4.69) is 27.2 Å². The number of hydrogen-bond donors (Lipinski definition) is 2. The second-order valence-corrected chi connectivity index (χ2v) is 6.16. The zero-order chi connectivity index (χ0) is 21.1. The number of ether oxygens (including phenoxy) is 3. The molecule has 0 amide bonds. The van der Waals surface area contributed by atoms with Crippen molar-refractivity contribution in [2.24, 2.45) is 5.10 Å². The van der Waals surface area contributed by atoms with Crippen LogP contribution in [0.3, 0.4) is 0 Å². The van der Waals surface area contributed by atoms with Gasteiger partial charge in [-0.25, -0.2) is 4.79 Å². The average molecular weight is 413 g/mol. The van der Waals surface area contributed by atoms with Crippen LogP contribution in [0.4, 0.5) is 0 Å². The molecule has 152 valence electrons. The van der Waals surface area contributed by atoms with Gasteiger partial charge >= 0.3 is 5.97 Å². The van der Waals surface area contributed by atoms with Gasteiger partial charge in [0.2, 0.25) is 0 Å². The summed E-state index contributed by atoms with van der Waals surface area (Å²) in [4.78, 5) is 11.5. The minimum atomic E-state index is -0.372. The third kappa shape index (κ3) is 6.93. The van der Waals surface area contributed by atoms with Crippen LogP contribution >= 0.6 is 12.2 Å². The van der Waals surface area contributed by atoms with Gasteiger partial charge in [0.1, 0.15) is 6.61 Å². The Labute approximate surface area is 175 Å². The first-order valence-electron chi connectivity index (χ1n) is 8.73. The Bertz CT molecular complexity index is 882. The number of benzene rings is 2. The fraction of sp³-hybridized carbons (Fsp3) is 0.190. The molecular weight excluding hydrogens is 390 g/mol. The first-order chi connectivity index (χ1) is 14.1. The van der Waals surface area contributed by atoms with Crippen molar-refractivity contribution in [3.63, 3.8) is 0 Å². The molecule has 0 radical (unpaired) electrons. The molecule has 0 heterocycles. The third-order valence-corrected chi connectivity index (χ3v) is 3.98. The Morgan fingerprint density at radius 2 is 1.93 bits per heavy atom. The average Bonchev–Trinajstić information content (AvgIpc) is 2.76. The number of nitrogens with zero attached hydrogens (tertiary/aromatic N) is 1. The lowest BCUT2D eigenvalue weighted by atomic mass is 10.1. The van der Waals surface area contributed by atoms with E-state index in [-0.39, 0.29) is 5.97 Å². The summed E-state index contributed by atoms with van der Waals surface area (Å²) >= 11 is 5.06. The van der Waals surface area contributed by atoms with Crippen molar-refractivity contribution in [1.82, 2.24) is 10.7 Å². The van der Waals surface area contributed by atoms with E-state index < -0.39 is 0 Å². The SMILES string of the molecule is C=CCNC(=S)N/N=C\c1ccc(OCc2ccc(C(=O)OC)cc2)c(OC)c1. The normalized spacial score (nSPS) is 10.3. The molecule has 0 saturated carbocycles. The molecule has 0 bridgehead atoms. The van der Waals surface area contributed by atoms with Crippen LogP contribution in [0.1, 0.15) is 21.5 Å². The van der Waals surface area contributed by atoms with Crippen molar-refractivity contribution in [1.29, 1.82) is 0 Å². The summed E-state index contributed by atoms with van der Waals surface area (Å²) in [5.41, 5.74) is 4.94. The summed E-state index contributed by atoms with van der Waals surface area (Å²) in [6.07, 6.45) is 3.33. The lowest BCUT2D eigenvalue weighted by Crippen LogP contribution is -2.31. The van der Waals surface area contributed by atoms with E-state index >= 15 is 0 Å². The van der Waals surface area contributed by atoms with Crippen LogP contribution in [0, 0.1) is 0 Å². The van der Waals surface area contributed by atoms with Crippen molar-refractivity contribution in [2.45, 2.75) is 6.61 Å². The van der Waals surface area contributed by atoms with Gasteiger partial charge in [-0.15, -0.1) is 6.58 Å². The highest BCUT2D eigenvalue weighted by atomic mass is 32.1. The van der Waals surface area contributed by atoms with E-state index in [4.69, 9.17) is 21.7 Å². The summed E-state index contributed by atoms with van der Waals surface area (Å²) in [7, 11) is 2.92. The van der Waals surface area contributed by atoms with Gasteiger partial charge < -0.3 is 19.5 Å². The molecule has 2 rings (SSSR count). The lowest BCUT2D eigenvalue weighted by molar-refractivity contribution is 0.0600. The number of esters is 1. The van der Waals surface area contributed by atoms with Gasteiger partial charge in [0, 0.05) is 6.54 Å². The molecule has 0 spiro atoms. The molecule has 2 N–H and O–H groups in total. The highest BCUT2D eigenvalue weighted by molar-refractivity contribution is 7.80. The minimum absolute atomic E-state index is 0.329. The molecule has 0 unspecified atom stereocenters. The van der Waals surface area contributed by atoms with Gasteiger partial charge in [-0.2, -0.15) is 5.10 Å². The second kappa shape index (κ2) is 11.5. The second-order valence-electron chi connectivity index (χ2n) is 5.76. The fourth-order valence-electron chi connectivity index (χ4n) is 2.27. The van der Waals surface area contributed by atoms with Crippen LogP contribution in [0.15, 0.2) is 60.2 Å². The van der Waals surface area contributed by atoms with Gasteiger partial charge in [-0.1, -0.05) is 18.2 Å². The van der Waals surface area contributed by atoms with Crippen molar-refractivity contribution < 1.29 is 19.0 Å². The predicted octanol–water partition coefficient (Wildman–Crippen LogP) is 3.04. The highest BCUT2D eigenvalue weighted by Gasteiger charge is 2.07. The molecule has 0 atom stereocenters. The van der Waals surface area contributed by atoms with Gasteiger partial charge in [-0.05, 0) is 53.7 Å². The number of thiocarbonyl (C=S) groups is 1. The molecule has 2 aromatic rings. The summed E-state index contributed by atoms with van der Waals surface area (Å²) in [5, 5.41) is 7.40. The number of methoxy groups -OCH3 is 2. The highest BCUT2D eigenvalue weighted by Crippen LogP contribution is 2.28. The predicted molar refractivity (Wildman–Crippen MR) is 117 cm³/mol. The molecule has 0 aliphatic carbocycles. The van der Waals surface area contributed by atoms with Crippen LogP contribution < -0.4 is 20.2 Å². The number of hydrazone groups is 1. The van der Waals surface area contributed by atoms with Gasteiger partial charge in [-0.3, -0.25) is 5.43 Å². The largest absolute Gasteiger partial charge is 0.493 e. The molecule has 8 heteroatoms. The number of nitrogens with one attached hydrogen (secondary N) is 2. The van der Waals surface area contributed by atoms with Crippen LogP contribution in [-0.4, -0.2) is 38.1 Å². The quantitative estimate of drug-likeness (QED) is 0.215. The molecule has 0 fully saturated rings. The number of carbonyl (C=O) groups excluding carboxylic acids is 1. The maximum absolute atomic E-state index is 11.5. The lowest BCUT2D eigenvalue weighted by Gasteiger charge is -2.11. The van der Waals surface area contributed by atoms with Crippen molar-refractivity contribution >= 4 is 29.5 Å². The molecular formula is C21H23N3O4S. The fourth-order valence-corrected chi connectivity index (χ4v) is 2.41. The molecule has 0 aliphatic heterocycles. The topological polar surface area (TPSA) is 81.2 Å². The maximum atomic E-state index is 11.5. The van der Waals surface area contributed by atoms with Crippen LogP contribution in [0.2, 0.25) is 0 Å². The monoisotopic (exact) mass is 413 g/mol. The Kier molecular flexibility index (Phi) is 8.65. The zero-order valence-electron chi connectivity index (χ0n) is 16.3. The van der Waals surface area contributed by atoms with Crippen LogP contribution in [0.5, 0.6) is 11.5 Å². The summed E-state index contributed by atoms with van der Waals surface area (Å²) in [6.45, 7) is 4.50. The molecule has 0 saturated heterocycles. The molecule has 2 aromatic carbocycles. The Hall–Kier alpha value is -3.39. The number of hydrogen-bond acceptors (Lipinski definition) is 6. The van der Waals surface area contributed by atoms with Crippen molar-refractivity contribution in [3.8, 4) is 11.5 Å². The molecule has 7 nitrogen and oxygen atoms in total. The minimum Gasteiger partial charge on any atom is -0.493 e. The summed E-state index contributed by atoms with van der Waals surface area (Å²) in [5.74, 6) is 0.799. The Morgan fingerprint density at radius 1 is 1.17 bits per heavy atom. The van der Waals surface area contributed by atoms with Crippen LogP contribution in [0.25, 0.3) is 0 Å². The molecule has 29 heavy (non-hydrogen) atoms. The van der Waals surface area contributed by atoms with Crippen molar-refractivity contribution in [3.05, 3.63) is 71.8 Å². The number of carbonyl (C=O) groups is 1. The van der Waals surface area contributed by atoms with E-state index in [1.807, 2.05) is 18.2 Å². The zero-order valence-corrected chi connectivity index (χ0v) is 17.1. The van der Waals surface area contributed by atoms with Crippen LogP contribution in [-0.2, 0) is 11.3 Å². The third-order valence-electron chi connectivity index (χ3n) is 3.74. The van der Waals surface area contributed by atoms with Gasteiger partial charge in [0.05, 0.1) is 26.0 Å². The number of rotatable bonds is 9. The van der Waals surface area contributed by atoms with E-state index in [0.29, 0.717) is 35.3 Å². The maximum Gasteiger partial charge on any atom is 0.337 e. The standard InChI is InChI=1S/C21H23N3O4S/c1-4-11-22-21(29)24-23-13-16-7-10-18(19(12-16)26-2)28-14-15-5-8-17(9-6-15)20(25)27-3/h4-10,12-13H,1,11,14H2,2-3H3,(H2,22,24,29)/b23-13-. The van der Waals surface area contributed by atoms with Gasteiger partial charge in [0.15, 0.2) is 16.6 Å². The molecule has 0 aliphatic rings. The van der Waals surface area contributed by atoms with Gasteiger partial charge in [0.25, 0.3) is 0 Å². The van der Waals surface area contributed by atoms with E-state index in [9.17, 15) is 4.79 Å².